The standard InChI is InChI=1S/C19H18O3S/c1-13-19(23-16-6-4-3-5-7-16)17(20)12-18(22-13)14-8-10-15(21-2)11-9-14/h3-11,18H,12H2,1-2H3. The summed E-state index contributed by atoms with van der Waals surface area (Å²) in [6.07, 6.45) is 0.132. The second-order valence-electron chi connectivity index (χ2n) is 5.31. The van der Waals surface area contributed by atoms with Gasteiger partial charge in [0.05, 0.1) is 18.4 Å². The Kier molecular flexibility index (Phi) is 4.72. The zero-order chi connectivity index (χ0) is 16.2. The van der Waals surface area contributed by atoms with Crippen molar-refractivity contribution >= 4 is 17.5 Å². The van der Waals surface area contributed by atoms with Crippen LogP contribution in [0, 0.1) is 0 Å². The fourth-order valence-corrected chi connectivity index (χ4v) is 3.42. The number of hydrogen-bond donors (Lipinski definition) is 0. The van der Waals surface area contributed by atoms with Gasteiger partial charge in [-0.05, 0) is 36.8 Å². The van der Waals surface area contributed by atoms with E-state index in [9.17, 15) is 4.79 Å². The third kappa shape index (κ3) is 3.59. The number of carbonyl (C=O) groups is 1. The van der Waals surface area contributed by atoms with E-state index in [4.69, 9.17) is 9.47 Å². The van der Waals surface area contributed by atoms with E-state index in [1.165, 1.54) is 11.8 Å². The molecular weight excluding hydrogens is 308 g/mol. The predicted octanol–water partition coefficient (Wildman–Crippen LogP) is 4.75. The van der Waals surface area contributed by atoms with Crippen LogP contribution in [0.15, 0.2) is 70.2 Å². The lowest BCUT2D eigenvalue weighted by molar-refractivity contribution is -0.119. The minimum absolute atomic E-state index is 0.128. The second-order valence-corrected chi connectivity index (χ2v) is 6.39. The number of carbonyl (C=O) groups excluding carboxylic acids is 1. The van der Waals surface area contributed by atoms with E-state index in [1.807, 2.05) is 61.5 Å². The Morgan fingerprint density at radius 2 is 1.78 bits per heavy atom. The van der Waals surface area contributed by atoms with E-state index in [0.717, 1.165) is 16.2 Å². The second kappa shape index (κ2) is 6.92. The first-order valence-electron chi connectivity index (χ1n) is 7.45. The first-order valence-corrected chi connectivity index (χ1v) is 8.26. The first kappa shape index (κ1) is 15.7. The predicted molar refractivity (Wildman–Crippen MR) is 91.4 cm³/mol. The lowest BCUT2D eigenvalue weighted by Crippen LogP contribution is -2.18. The summed E-state index contributed by atoms with van der Waals surface area (Å²) < 4.78 is 11.2. The minimum Gasteiger partial charge on any atom is -0.497 e. The Morgan fingerprint density at radius 3 is 2.39 bits per heavy atom. The molecule has 0 saturated heterocycles. The number of rotatable bonds is 4. The number of ether oxygens (including phenoxy) is 2. The molecule has 1 atom stereocenters. The fraction of sp³-hybridized carbons (Fsp3) is 0.211. The van der Waals surface area contributed by atoms with Crippen molar-refractivity contribution in [1.82, 2.24) is 0 Å². The number of ketones is 1. The fourth-order valence-electron chi connectivity index (χ4n) is 2.51. The molecule has 0 saturated carbocycles. The molecule has 0 fully saturated rings. The van der Waals surface area contributed by atoms with Gasteiger partial charge in [0, 0.05) is 4.90 Å². The molecule has 1 aliphatic heterocycles. The number of benzene rings is 2. The van der Waals surface area contributed by atoms with Gasteiger partial charge in [-0.15, -0.1) is 0 Å². The summed E-state index contributed by atoms with van der Waals surface area (Å²) in [7, 11) is 1.63. The van der Waals surface area contributed by atoms with E-state index in [1.54, 1.807) is 7.11 Å². The highest BCUT2D eigenvalue weighted by atomic mass is 32.2. The third-order valence-electron chi connectivity index (χ3n) is 3.71. The van der Waals surface area contributed by atoms with Crippen LogP contribution < -0.4 is 4.74 Å². The maximum atomic E-state index is 12.5. The number of hydrogen-bond acceptors (Lipinski definition) is 4. The van der Waals surface area contributed by atoms with Crippen LogP contribution >= 0.6 is 11.8 Å². The lowest BCUT2D eigenvalue weighted by Gasteiger charge is -2.26. The summed E-state index contributed by atoms with van der Waals surface area (Å²) >= 11 is 1.47. The highest BCUT2D eigenvalue weighted by Gasteiger charge is 2.28. The third-order valence-corrected chi connectivity index (χ3v) is 4.94. The first-order chi connectivity index (χ1) is 11.2. The van der Waals surface area contributed by atoms with E-state index < -0.39 is 0 Å². The molecule has 118 valence electrons. The summed E-state index contributed by atoms with van der Waals surface area (Å²) in [6.45, 7) is 1.86. The van der Waals surface area contributed by atoms with Crippen molar-refractivity contribution in [3.05, 3.63) is 70.8 Å². The van der Waals surface area contributed by atoms with Gasteiger partial charge in [0.2, 0.25) is 0 Å². The molecule has 0 N–H and O–H groups in total. The summed E-state index contributed by atoms with van der Waals surface area (Å²) in [5.41, 5.74) is 0.988. The summed E-state index contributed by atoms with van der Waals surface area (Å²) in [4.78, 5) is 14.3. The van der Waals surface area contributed by atoms with Gasteiger partial charge in [-0.1, -0.05) is 42.1 Å². The molecule has 1 heterocycles. The van der Waals surface area contributed by atoms with E-state index >= 15 is 0 Å². The van der Waals surface area contributed by atoms with Crippen LogP contribution in [0.1, 0.15) is 25.0 Å². The van der Waals surface area contributed by atoms with Crippen LogP contribution in [-0.2, 0) is 9.53 Å². The van der Waals surface area contributed by atoms with Crippen molar-refractivity contribution < 1.29 is 14.3 Å². The van der Waals surface area contributed by atoms with Crippen LogP contribution in [-0.4, -0.2) is 12.9 Å². The Hall–Kier alpha value is -2.20. The van der Waals surface area contributed by atoms with Crippen molar-refractivity contribution in [2.75, 3.05) is 7.11 Å². The summed E-state index contributed by atoms with van der Waals surface area (Å²) in [5, 5.41) is 0. The topological polar surface area (TPSA) is 35.5 Å². The van der Waals surface area contributed by atoms with E-state index in [0.29, 0.717) is 17.1 Å². The van der Waals surface area contributed by atoms with Crippen molar-refractivity contribution in [3.8, 4) is 5.75 Å². The van der Waals surface area contributed by atoms with Gasteiger partial charge < -0.3 is 9.47 Å². The average Bonchev–Trinajstić information content (AvgIpc) is 2.59. The van der Waals surface area contributed by atoms with Gasteiger partial charge in [-0.25, -0.2) is 0 Å². The van der Waals surface area contributed by atoms with Gasteiger partial charge in [-0.2, -0.15) is 0 Å². The maximum absolute atomic E-state index is 12.5. The zero-order valence-electron chi connectivity index (χ0n) is 13.1. The highest BCUT2D eigenvalue weighted by molar-refractivity contribution is 8.04. The van der Waals surface area contributed by atoms with Crippen molar-refractivity contribution in [2.45, 2.75) is 24.3 Å². The number of thioether (sulfide) groups is 1. The Morgan fingerprint density at radius 1 is 1.09 bits per heavy atom. The molecule has 4 heteroatoms. The van der Waals surface area contributed by atoms with Crippen LogP contribution in [0.2, 0.25) is 0 Å². The molecule has 0 amide bonds. The van der Waals surface area contributed by atoms with Gasteiger partial charge in [0.15, 0.2) is 5.78 Å². The molecule has 2 aromatic carbocycles. The molecule has 0 spiro atoms. The molecule has 2 aromatic rings. The molecule has 1 aliphatic rings. The Balaban J connectivity index is 1.78. The van der Waals surface area contributed by atoms with Gasteiger partial charge in [0.25, 0.3) is 0 Å². The SMILES string of the molecule is COc1ccc(C2CC(=O)C(Sc3ccccc3)=C(C)O2)cc1. The number of methoxy groups -OCH3 is 1. The number of allylic oxidation sites excluding steroid dienone is 2. The molecule has 1 unspecified atom stereocenters. The Bertz CT molecular complexity index is 720. The molecule has 0 bridgehead atoms. The van der Waals surface area contributed by atoms with Gasteiger partial charge in [-0.3, -0.25) is 4.79 Å². The molecule has 3 rings (SSSR count). The molecule has 3 nitrogen and oxygen atoms in total. The summed E-state index contributed by atoms with van der Waals surface area (Å²) in [5.74, 6) is 1.61. The number of Topliss-reactive ketones (excluding diaryl/α,β-unsaturated/α-hetero) is 1. The van der Waals surface area contributed by atoms with Crippen molar-refractivity contribution in [2.24, 2.45) is 0 Å². The molecular formula is C19H18O3S. The Labute approximate surface area is 140 Å². The van der Waals surface area contributed by atoms with Gasteiger partial charge in [0.1, 0.15) is 17.6 Å². The normalized spacial score (nSPS) is 17.8. The minimum atomic E-state index is -0.228. The maximum Gasteiger partial charge on any atom is 0.176 e. The monoisotopic (exact) mass is 326 g/mol. The molecule has 0 radical (unpaired) electrons. The zero-order valence-corrected chi connectivity index (χ0v) is 13.9. The van der Waals surface area contributed by atoms with Crippen molar-refractivity contribution in [3.63, 3.8) is 0 Å². The van der Waals surface area contributed by atoms with E-state index in [2.05, 4.69) is 0 Å². The largest absolute Gasteiger partial charge is 0.497 e. The summed E-state index contributed by atoms with van der Waals surface area (Å²) in [6, 6.07) is 17.5. The lowest BCUT2D eigenvalue weighted by atomic mass is 10.0. The van der Waals surface area contributed by atoms with Crippen molar-refractivity contribution in [1.29, 1.82) is 0 Å². The molecule has 23 heavy (non-hydrogen) atoms. The van der Waals surface area contributed by atoms with Crippen LogP contribution in [0.5, 0.6) is 5.75 Å². The van der Waals surface area contributed by atoms with E-state index in [-0.39, 0.29) is 11.9 Å². The quantitative estimate of drug-likeness (QED) is 0.812. The molecule has 0 aliphatic carbocycles. The highest BCUT2D eigenvalue weighted by Crippen LogP contribution is 2.39. The average molecular weight is 326 g/mol. The molecule has 0 aromatic heterocycles. The van der Waals surface area contributed by atoms with Crippen LogP contribution in [0.3, 0.4) is 0 Å². The van der Waals surface area contributed by atoms with Crippen LogP contribution in [0.4, 0.5) is 0 Å². The van der Waals surface area contributed by atoms with Crippen LogP contribution in [0.25, 0.3) is 0 Å². The smallest absolute Gasteiger partial charge is 0.176 e. The van der Waals surface area contributed by atoms with Gasteiger partial charge >= 0.3 is 0 Å².